The quantitative estimate of drug-likeness (QED) is 0.875. The third-order valence-electron chi connectivity index (χ3n) is 3.37. The predicted octanol–water partition coefficient (Wildman–Crippen LogP) is 4.27. The third kappa shape index (κ3) is 3.99. The van der Waals surface area contributed by atoms with Crippen molar-refractivity contribution in [3.05, 3.63) is 28.8 Å². The highest BCUT2D eigenvalue weighted by Crippen LogP contribution is 2.39. The first kappa shape index (κ1) is 16.5. The fourth-order valence-corrected chi connectivity index (χ4v) is 2.40. The summed E-state index contributed by atoms with van der Waals surface area (Å²) in [5.41, 5.74) is 3.25. The molecule has 1 unspecified atom stereocenters. The fraction of sp³-hybridized carbons (Fsp3) is 0.588. The van der Waals surface area contributed by atoms with Gasteiger partial charge in [-0.2, -0.15) is 0 Å². The van der Waals surface area contributed by atoms with Gasteiger partial charge in [0.05, 0.1) is 13.0 Å². The van der Waals surface area contributed by atoms with Crippen LogP contribution in [-0.2, 0) is 10.2 Å². The summed E-state index contributed by atoms with van der Waals surface area (Å²) in [5.74, 6) is 0.0214. The van der Waals surface area contributed by atoms with Gasteiger partial charge in [-0.05, 0) is 30.7 Å². The van der Waals surface area contributed by atoms with E-state index in [2.05, 4.69) is 26.8 Å². The van der Waals surface area contributed by atoms with Gasteiger partial charge < -0.3 is 9.84 Å². The summed E-state index contributed by atoms with van der Waals surface area (Å²) >= 11 is 0. The minimum Gasteiger partial charge on any atom is -0.493 e. The van der Waals surface area contributed by atoms with E-state index in [1.807, 2.05) is 26.8 Å². The molecule has 0 saturated carbocycles. The van der Waals surface area contributed by atoms with E-state index in [0.717, 1.165) is 22.4 Å². The van der Waals surface area contributed by atoms with E-state index in [4.69, 9.17) is 9.84 Å². The Bertz CT molecular complexity index is 484. The van der Waals surface area contributed by atoms with Crippen LogP contribution in [0.3, 0.4) is 0 Å². The zero-order valence-corrected chi connectivity index (χ0v) is 13.4. The molecule has 0 aliphatic carbocycles. The molecule has 0 aliphatic heterocycles. The minimum atomic E-state index is -0.779. The van der Waals surface area contributed by atoms with Gasteiger partial charge in [-0.3, -0.25) is 4.79 Å². The van der Waals surface area contributed by atoms with Crippen molar-refractivity contribution in [2.24, 2.45) is 0 Å². The van der Waals surface area contributed by atoms with Gasteiger partial charge >= 0.3 is 5.97 Å². The maximum absolute atomic E-state index is 11.0. The number of carboxylic acids is 1. The summed E-state index contributed by atoms with van der Waals surface area (Å²) in [6.45, 7) is 13.0. The summed E-state index contributed by atoms with van der Waals surface area (Å²) in [4.78, 5) is 11.0. The van der Waals surface area contributed by atoms with Gasteiger partial charge in [0.2, 0.25) is 0 Å². The molecule has 1 N–H and O–H groups in total. The average molecular weight is 278 g/mol. The van der Waals surface area contributed by atoms with Crippen LogP contribution >= 0.6 is 0 Å². The molecule has 0 aromatic heterocycles. The number of hydrogen-bond donors (Lipinski definition) is 1. The smallest absolute Gasteiger partial charge is 0.303 e. The molecule has 0 aliphatic rings. The molecule has 1 aromatic carbocycles. The molecule has 1 atom stereocenters. The number of aliphatic carboxylic acids is 1. The highest BCUT2D eigenvalue weighted by atomic mass is 16.5. The maximum Gasteiger partial charge on any atom is 0.303 e. The second kappa shape index (κ2) is 6.29. The summed E-state index contributed by atoms with van der Waals surface area (Å²) < 4.78 is 5.86. The Morgan fingerprint density at radius 3 is 2.40 bits per heavy atom. The number of hydrogen-bond acceptors (Lipinski definition) is 2. The number of rotatable bonds is 5. The molecule has 112 valence electrons. The van der Waals surface area contributed by atoms with Crippen LogP contribution in [0.4, 0.5) is 0 Å². The molecule has 0 fully saturated rings. The first-order valence-electron chi connectivity index (χ1n) is 7.16. The van der Waals surface area contributed by atoms with Crippen molar-refractivity contribution in [1.82, 2.24) is 0 Å². The van der Waals surface area contributed by atoms with Crippen molar-refractivity contribution in [3.63, 3.8) is 0 Å². The van der Waals surface area contributed by atoms with E-state index in [1.165, 1.54) is 0 Å². The van der Waals surface area contributed by atoms with Gasteiger partial charge in [0, 0.05) is 5.56 Å². The van der Waals surface area contributed by atoms with Crippen molar-refractivity contribution in [2.75, 3.05) is 6.61 Å². The molecule has 0 radical (unpaired) electrons. The second-order valence-electron chi connectivity index (χ2n) is 6.41. The van der Waals surface area contributed by atoms with Crippen molar-refractivity contribution in [1.29, 1.82) is 0 Å². The Balaban J connectivity index is 3.41. The number of benzene rings is 1. The molecule has 20 heavy (non-hydrogen) atoms. The Kier molecular flexibility index (Phi) is 5.21. The summed E-state index contributed by atoms with van der Waals surface area (Å²) in [5, 5.41) is 9.02. The summed E-state index contributed by atoms with van der Waals surface area (Å²) in [6.07, 6.45) is 0.118. The van der Waals surface area contributed by atoms with E-state index in [9.17, 15) is 4.79 Å². The third-order valence-corrected chi connectivity index (χ3v) is 3.37. The normalized spacial score (nSPS) is 13.1. The highest BCUT2D eigenvalue weighted by Gasteiger charge is 2.25. The molecular formula is C17H26O3. The van der Waals surface area contributed by atoms with Gasteiger partial charge in [0.25, 0.3) is 0 Å². The Hall–Kier alpha value is -1.51. The standard InChI is InChI=1S/C17H26O3/c1-7-20-16-13(12(3)10-15(18)19)8-11(2)9-14(16)17(4,5)6/h8-9,12H,7,10H2,1-6H3,(H,18,19). The van der Waals surface area contributed by atoms with Crippen LogP contribution in [0.2, 0.25) is 0 Å². The number of carboxylic acid groups (broad SMARTS) is 1. The second-order valence-corrected chi connectivity index (χ2v) is 6.41. The van der Waals surface area contributed by atoms with Crippen molar-refractivity contribution >= 4 is 5.97 Å². The topological polar surface area (TPSA) is 46.5 Å². The van der Waals surface area contributed by atoms with Gasteiger partial charge in [-0.15, -0.1) is 0 Å². The summed E-state index contributed by atoms with van der Waals surface area (Å²) in [6, 6.07) is 4.19. The molecule has 0 amide bonds. The summed E-state index contributed by atoms with van der Waals surface area (Å²) in [7, 11) is 0. The zero-order valence-electron chi connectivity index (χ0n) is 13.4. The van der Waals surface area contributed by atoms with E-state index >= 15 is 0 Å². The van der Waals surface area contributed by atoms with Crippen LogP contribution in [0.25, 0.3) is 0 Å². The number of ether oxygens (including phenoxy) is 1. The lowest BCUT2D eigenvalue weighted by Gasteiger charge is -2.27. The monoisotopic (exact) mass is 278 g/mol. The Labute approximate surface area is 122 Å². The van der Waals surface area contributed by atoms with E-state index < -0.39 is 5.97 Å². The SMILES string of the molecule is CCOc1c(C(C)CC(=O)O)cc(C)cc1C(C)(C)C. The van der Waals surface area contributed by atoms with Crippen molar-refractivity contribution in [2.45, 2.75) is 59.3 Å². The van der Waals surface area contributed by atoms with Crippen molar-refractivity contribution in [3.8, 4) is 5.75 Å². The molecule has 0 heterocycles. The number of carbonyl (C=O) groups is 1. The van der Waals surface area contributed by atoms with E-state index in [-0.39, 0.29) is 17.8 Å². The highest BCUT2D eigenvalue weighted by molar-refractivity contribution is 5.68. The lowest BCUT2D eigenvalue weighted by atomic mass is 9.82. The zero-order chi connectivity index (χ0) is 15.5. The number of aryl methyl sites for hydroxylation is 1. The van der Waals surface area contributed by atoms with Crippen LogP contribution in [0.15, 0.2) is 12.1 Å². The van der Waals surface area contributed by atoms with Crippen LogP contribution in [0.1, 0.15) is 63.6 Å². The van der Waals surface area contributed by atoms with Crippen molar-refractivity contribution < 1.29 is 14.6 Å². The van der Waals surface area contributed by atoms with Crippen LogP contribution < -0.4 is 4.74 Å². The molecule has 3 nitrogen and oxygen atoms in total. The average Bonchev–Trinajstić information content (AvgIpc) is 2.28. The molecule has 1 aromatic rings. The maximum atomic E-state index is 11.0. The molecule has 0 spiro atoms. The molecule has 0 saturated heterocycles. The van der Waals surface area contributed by atoms with E-state index in [1.54, 1.807) is 0 Å². The van der Waals surface area contributed by atoms with E-state index in [0.29, 0.717) is 6.61 Å². The molecule has 0 bridgehead atoms. The van der Waals surface area contributed by atoms with Gasteiger partial charge in [0.1, 0.15) is 5.75 Å². The predicted molar refractivity (Wildman–Crippen MR) is 81.7 cm³/mol. The van der Waals surface area contributed by atoms with Gasteiger partial charge in [0.15, 0.2) is 0 Å². The Morgan fingerprint density at radius 1 is 1.35 bits per heavy atom. The van der Waals surface area contributed by atoms with Crippen LogP contribution in [0.5, 0.6) is 5.75 Å². The lowest BCUT2D eigenvalue weighted by Crippen LogP contribution is -2.16. The van der Waals surface area contributed by atoms with Crippen LogP contribution in [0, 0.1) is 6.92 Å². The molecule has 3 heteroatoms. The first-order chi connectivity index (χ1) is 9.16. The lowest BCUT2D eigenvalue weighted by molar-refractivity contribution is -0.137. The van der Waals surface area contributed by atoms with Gasteiger partial charge in [-0.1, -0.05) is 45.4 Å². The Morgan fingerprint density at radius 2 is 1.95 bits per heavy atom. The fourth-order valence-electron chi connectivity index (χ4n) is 2.40. The first-order valence-corrected chi connectivity index (χ1v) is 7.16. The minimum absolute atomic E-state index is 0.0335. The molecular weight excluding hydrogens is 252 g/mol. The van der Waals surface area contributed by atoms with Crippen LogP contribution in [-0.4, -0.2) is 17.7 Å². The largest absolute Gasteiger partial charge is 0.493 e. The van der Waals surface area contributed by atoms with Gasteiger partial charge in [-0.25, -0.2) is 0 Å². The molecule has 1 rings (SSSR count).